The van der Waals surface area contributed by atoms with Crippen LogP contribution in [-0.2, 0) is 9.59 Å². The average molecular weight is 326 g/mol. The van der Waals surface area contributed by atoms with Gasteiger partial charge in [0.25, 0.3) is 12.2 Å². The van der Waals surface area contributed by atoms with Crippen LogP contribution in [0.5, 0.6) is 11.5 Å². The van der Waals surface area contributed by atoms with Gasteiger partial charge in [-0.25, -0.2) is 9.59 Å². The van der Waals surface area contributed by atoms with Crippen molar-refractivity contribution in [1.29, 1.82) is 0 Å². The molecule has 0 aromatic heterocycles. The summed E-state index contributed by atoms with van der Waals surface area (Å²) in [4.78, 5) is 20.4. The number of hydrazone groups is 2. The average Bonchev–Trinajstić information content (AvgIpc) is 2.64. The maximum Gasteiger partial charge on any atom is 0.258 e. The van der Waals surface area contributed by atoms with Crippen LogP contribution in [-0.4, -0.2) is 26.4 Å². The van der Waals surface area contributed by atoms with Crippen molar-refractivity contribution in [3.63, 3.8) is 0 Å². The Kier molecular flexibility index (Phi) is 5.69. The number of anilines is 2. The summed E-state index contributed by atoms with van der Waals surface area (Å²) >= 11 is 0. The second kappa shape index (κ2) is 8.14. The lowest BCUT2D eigenvalue weighted by Crippen LogP contribution is -1.95. The summed E-state index contributed by atoms with van der Waals surface area (Å²) in [5, 5.41) is 6.63. The molecule has 2 rings (SSSR count). The van der Waals surface area contributed by atoms with Crippen LogP contribution in [0.3, 0.4) is 0 Å². The van der Waals surface area contributed by atoms with Crippen LogP contribution >= 0.6 is 0 Å². The standard InChI is InChI=1S/C16H14N4O4/c1-23-15-7-11(3-5-13(15)19-17-9-21)12-4-6-14(20-18-10-22)16(8-12)24-2/h3-8,19-20H,1-2H3. The number of benzene rings is 2. The van der Waals surface area contributed by atoms with Crippen LogP contribution in [0.15, 0.2) is 46.6 Å². The number of nitrogens with zero attached hydrogens (tertiary/aromatic N) is 2. The Morgan fingerprint density at radius 2 is 1.21 bits per heavy atom. The fourth-order valence-corrected chi connectivity index (χ4v) is 2.09. The molecule has 0 spiro atoms. The number of carbonyl (C=O) groups excluding carboxylic acids is 2. The van der Waals surface area contributed by atoms with E-state index >= 15 is 0 Å². The van der Waals surface area contributed by atoms with Crippen LogP contribution < -0.4 is 20.3 Å². The van der Waals surface area contributed by atoms with E-state index in [0.29, 0.717) is 22.9 Å². The number of hydrogen-bond donors (Lipinski definition) is 2. The monoisotopic (exact) mass is 326 g/mol. The largest absolute Gasteiger partial charge is 0.494 e. The Morgan fingerprint density at radius 1 is 0.792 bits per heavy atom. The van der Waals surface area contributed by atoms with Crippen molar-refractivity contribution in [2.45, 2.75) is 0 Å². The Hall–Kier alpha value is -3.60. The predicted octanol–water partition coefficient (Wildman–Crippen LogP) is 2.70. The minimum Gasteiger partial charge on any atom is -0.494 e. The first kappa shape index (κ1) is 16.8. The van der Waals surface area contributed by atoms with E-state index < -0.39 is 0 Å². The van der Waals surface area contributed by atoms with E-state index in [1.165, 1.54) is 26.4 Å². The Morgan fingerprint density at radius 3 is 1.54 bits per heavy atom. The molecular formula is C16H14N4O4. The fraction of sp³-hybridized carbons (Fsp3) is 0.125. The number of nitrogens with one attached hydrogen (secondary N) is 2. The molecule has 2 aromatic rings. The lowest BCUT2D eigenvalue weighted by Gasteiger charge is -2.12. The van der Waals surface area contributed by atoms with Gasteiger partial charge in [0, 0.05) is 0 Å². The van der Waals surface area contributed by atoms with Gasteiger partial charge in [0.2, 0.25) is 0 Å². The van der Waals surface area contributed by atoms with Crippen molar-refractivity contribution in [2.75, 3.05) is 25.1 Å². The fourth-order valence-electron chi connectivity index (χ4n) is 2.09. The normalized spacial score (nSPS) is 9.25. The van der Waals surface area contributed by atoms with E-state index in [0.717, 1.165) is 11.1 Å². The molecule has 0 saturated carbocycles. The Labute approximate surface area is 137 Å². The highest BCUT2D eigenvalue weighted by molar-refractivity contribution is 5.75. The molecule has 0 aliphatic rings. The first-order valence-corrected chi connectivity index (χ1v) is 6.75. The van der Waals surface area contributed by atoms with Crippen molar-refractivity contribution in [3.05, 3.63) is 36.4 Å². The number of hydrogen-bond acceptors (Lipinski definition) is 8. The molecule has 0 bridgehead atoms. The summed E-state index contributed by atoms with van der Waals surface area (Å²) in [6.07, 6.45) is 2.80. The highest BCUT2D eigenvalue weighted by Gasteiger charge is 2.09. The van der Waals surface area contributed by atoms with E-state index in [4.69, 9.17) is 9.47 Å². The van der Waals surface area contributed by atoms with Gasteiger partial charge in [-0.15, -0.1) is 0 Å². The molecule has 0 heterocycles. The third-order valence-electron chi connectivity index (χ3n) is 3.18. The SMILES string of the molecule is COc1cc(-c2ccc(NN=C=O)c(OC)c2)ccc1NN=C=O. The van der Waals surface area contributed by atoms with Crippen molar-refractivity contribution < 1.29 is 19.1 Å². The molecule has 0 atom stereocenters. The summed E-state index contributed by atoms with van der Waals surface area (Å²) in [6.45, 7) is 0. The van der Waals surface area contributed by atoms with Gasteiger partial charge < -0.3 is 9.47 Å². The summed E-state index contributed by atoms with van der Waals surface area (Å²) in [7, 11) is 3.03. The second-order valence-electron chi connectivity index (χ2n) is 4.46. The van der Waals surface area contributed by atoms with E-state index in [2.05, 4.69) is 21.1 Å². The van der Waals surface area contributed by atoms with Crippen LogP contribution in [0.2, 0.25) is 0 Å². The highest BCUT2D eigenvalue weighted by Crippen LogP contribution is 2.34. The molecule has 8 nitrogen and oxygen atoms in total. The maximum absolute atomic E-state index is 10.2. The van der Waals surface area contributed by atoms with Gasteiger partial charge in [0.15, 0.2) is 0 Å². The summed E-state index contributed by atoms with van der Waals surface area (Å²) in [5.41, 5.74) is 7.87. The molecule has 0 fully saturated rings. The predicted molar refractivity (Wildman–Crippen MR) is 88.5 cm³/mol. The van der Waals surface area contributed by atoms with E-state index in [9.17, 15) is 9.59 Å². The molecule has 0 aliphatic carbocycles. The van der Waals surface area contributed by atoms with Crippen molar-refractivity contribution in [2.24, 2.45) is 10.2 Å². The zero-order chi connectivity index (χ0) is 17.4. The molecule has 0 amide bonds. The number of isocyanates is 2. The molecule has 24 heavy (non-hydrogen) atoms. The van der Waals surface area contributed by atoms with E-state index in [-0.39, 0.29) is 0 Å². The maximum atomic E-state index is 10.2. The van der Waals surface area contributed by atoms with Crippen LogP contribution in [0, 0.1) is 0 Å². The van der Waals surface area contributed by atoms with Crippen LogP contribution in [0.25, 0.3) is 11.1 Å². The molecule has 2 N–H and O–H groups in total. The minimum absolute atomic E-state index is 0.512. The minimum atomic E-state index is 0.512. The van der Waals surface area contributed by atoms with Gasteiger partial charge in [-0.3, -0.25) is 10.9 Å². The summed E-state index contributed by atoms with van der Waals surface area (Å²) in [6, 6.07) is 10.7. The third-order valence-corrected chi connectivity index (χ3v) is 3.18. The van der Waals surface area contributed by atoms with Gasteiger partial charge in [-0.05, 0) is 35.4 Å². The first-order valence-electron chi connectivity index (χ1n) is 6.75. The zero-order valence-corrected chi connectivity index (χ0v) is 13.0. The highest BCUT2D eigenvalue weighted by atomic mass is 16.5. The molecule has 0 saturated heterocycles. The molecule has 122 valence electrons. The topological polar surface area (TPSA) is 101 Å². The van der Waals surface area contributed by atoms with Gasteiger partial charge in [0.05, 0.1) is 25.6 Å². The first-order chi connectivity index (χ1) is 11.7. The number of ether oxygens (including phenoxy) is 2. The summed E-state index contributed by atoms with van der Waals surface area (Å²) in [5.74, 6) is 1.02. The zero-order valence-electron chi connectivity index (χ0n) is 13.0. The van der Waals surface area contributed by atoms with Crippen LogP contribution in [0.4, 0.5) is 11.4 Å². The Balaban J connectivity index is 2.40. The van der Waals surface area contributed by atoms with E-state index in [1.54, 1.807) is 24.3 Å². The molecule has 0 unspecified atom stereocenters. The van der Waals surface area contributed by atoms with Gasteiger partial charge in [-0.1, -0.05) is 22.3 Å². The molecule has 8 heteroatoms. The third kappa shape index (κ3) is 3.78. The lowest BCUT2D eigenvalue weighted by molar-refractivity contribution is 0.416. The lowest BCUT2D eigenvalue weighted by atomic mass is 10.0. The molecular weight excluding hydrogens is 312 g/mol. The Bertz CT molecular complexity index is 755. The molecule has 0 radical (unpaired) electrons. The van der Waals surface area contributed by atoms with Crippen molar-refractivity contribution in [3.8, 4) is 22.6 Å². The number of methoxy groups -OCH3 is 2. The summed E-state index contributed by atoms with van der Waals surface area (Å²) < 4.78 is 10.6. The molecule has 0 aliphatic heterocycles. The van der Waals surface area contributed by atoms with Gasteiger partial charge in [-0.2, -0.15) is 0 Å². The second-order valence-corrected chi connectivity index (χ2v) is 4.46. The van der Waals surface area contributed by atoms with Gasteiger partial charge in [0.1, 0.15) is 11.5 Å². The van der Waals surface area contributed by atoms with Crippen LogP contribution in [0.1, 0.15) is 0 Å². The smallest absolute Gasteiger partial charge is 0.258 e. The van der Waals surface area contributed by atoms with Gasteiger partial charge >= 0.3 is 0 Å². The quantitative estimate of drug-likeness (QED) is 0.461. The van der Waals surface area contributed by atoms with Crippen molar-refractivity contribution >= 4 is 23.5 Å². The molecule has 2 aromatic carbocycles. The van der Waals surface area contributed by atoms with Crippen molar-refractivity contribution in [1.82, 2.24) is 0 Å². The van der Waals surface area contributed by atoms with E-state index in [1.807, 2.05) is 12.1 Å². The number of rotatable bonds is 7.